The summed E-state index contributed by atoms with van der Waals surface area (Å²) in [5.41, 5.74) is 0.484. The Morgan fingerprint density at radius 1 is 1.23 bits per heavy atom. The molecule has 0 bridgehead atoms. The molecule has 0 radical (unpaired) electrons. The van der Waals surface area contributed by atoms with Crippen LogP contribution in [0.4, 0.5) is 18.9 Å². The maximum absolute atomic E-state index is 14.3. The monoisotopic (exact) mass is 617 g/mol. The fourth-order valence-electron chi connectivity index (χ4n) is 4.28. The molecule has 0 spiro atoms. The zero-order valence-electron chi connectivity index (χ0n) is 22.3. The van der Waals surface area contributed by atoms with Crippen molar-refractivity contribution in [3.8, 4) is 0 Å². The minimum absolute atomic E-state index is 0.0406. The predicted octanol–water partition coefficient (Wildman–Crippen LogP) is 5.39. The molecular weight excluding hydrogens is 587 g/mol. The van der Waals surface area contributed by atoms with Gasteiger partial charge in [-0.3, -0.25) is 4.79 Å². The van der Waals surface area contributed by atoms with E-state index in [2.05, 4.69) is 25.0 Å². The van der Waals surface area contributed by atoms with Gasteiger partial charge in [0.05, 0.1) is 27.5 Å². The number of hydrogen-bond donors (Lipinski definition) is 2. The van der Waals surface area contributed by atoms with Crippen molar-refractivity contribution >= 4 is 52.2 Å². The van der Waals surface area contributed by atoms with Crippen LogP contribution < -0.4 is 5.32 Å². The number of hydrogen-bond acceptors (Lipinski definition) is 5. The first-order valence-corrected chi connectivity index (χ1v) is 18.1. The van der Waals surface area contributed by atoms with Gasteiger partial charge in [0.2, 0.25) is 10.0 Å². The van der Waals surface area contributed by atoms with Crippen molar-refractivity contribution in [2.24, 2.45) is 0 Å². The highest BCUT2D eigenvalue weighted by molar-refractivity contribution is 7.89. The average Bonchev–Trinajstić information content (AvgIpc) is 3.27. The quantitative estimate of drug-likeness (QED) is 0.248. The van der Waals surface area contributed by atoms with Crippen LogP contribution in [-0.2, 0) is 21.5 Å². The number of rotatable bonds is 9. The molecule has 0 aliphatic carbocycles. The summed E-state index contributed by atoms with van der Waals surface area (Å²) in [6, 6.07) is 8.58. The maximum atomic E-state index is 14.3. The standard InChI is InChI=1S/C26H31ClF3N3O5SSi/c1-40(2,3)11-10-38-16-32-8-6-19-20(25(35)31-17-4-5-22(28)21(27)12-17)13-18(14-23(19)32)39(36,37)33-9-7-24(34)26(29,30)15-33/h4-6,8,12-14,24,34H,7,9-11,15-16H2,1-3H3,(H,31,35). The number of piperidine rings is 1. The molecule has 1 atom stereocenters. The van der Waals surface area contributed by atoms with Crippen LogP contribution in [-0.4, -0.2) is 68.1 Å². The summed E-state index contributed by atoms with van der Waals surface area (Å²) in [5, 5.41) is 12.4. The molecule has 1 amide bonds. The number of aromatic nitrogens is 1. The summed E-state index contributed by atoms with van der Waals surface area (Å²) in [7, 11) is -5.84. The van der Waals surface area contributed by atoms with Crippen LogP contribution in [0.15, 0.2) is 47.5 Å². The lowest BCUT2D eigenvalue weighted by Crippen LogP contribution is -2.53. The van der Waals surface area contributed by atoms with Gasteiger partial charge in [0, 0.05) is 38.5 Å². The average molecular weight is 618 g/mol. The van der Waals surface area contributed by atoms with Gasteiger partial charge in [0.15, 0.2) is 0 Å². The minimum Gasteiger partial charge on any atom is -0.387 e. The van der Waals surface area contributed by atoms with E-state index in [4.69, 9.17) is 16.3 Å². The fraction of sp³-hybridized carbons (Fsp3) is 0.423. The summed E-state index contributed by atoms with van der Waals surface area (Å²) in [6.07, 6.45) is -0.739. The maximum Gasteiger partial charge on any atom is 0.286 e. The number of alkyl halides is 2. The number of anilines is 1. The van der Waals surface area contributed by atoms with Crippen LogP contribution in [0.3, 0.4) is 0 Å². The summed E-state index contributed by atoms with van der Waals surface area (Å²) >= 11 is 5.83. The van der Waals surface area contributed by atoms with E-state index in [9.17, 15) is 31.5 Å². The zero-order valence-corrected chi connectivity index (χ0v) is 24.8. The third-order valence-electron chi connectivity index (χ3n) is 6.68. The van der Waals surface area contributed by atoms with Gasteiger partial charge in [-0.1, -0.05) is 31.2 Å². The molecule has 2 aromatic carbocycles. The fourth-order valence-corrected chi connectivity index (χ4v) is 6.73. The molecule has 218 valence electrons. The van der Waals surface area contributed by atoms with Crippen LogP contribution in [0.5, 0.6) is 0 Å². The topological polar surface area (TPSA) is 101 Å². The van der Waals surface area contributed by atoms with Crippen molar-refractivity contribution in [2.45, 2.75) is 55.8 Å². The van der Waals surface area contributed by atoms with Gasteiger partial charge in [-0.2, -0.15) is 4.31 Å². The number of aliphatic hydroxyl groups is 1. The SMILES string of the molecule is C[Si](C)(C)CCOCn1ccc2c(C(=O)Nc3ccc(F)c(Cl)c3)cc(S(=O)(=O)N3CCC(O)C(F)(F)C3)cc21. The van der Waals surface area contributed by atoms with Crippen LogP contribution in [0, 0.1) is 5.82 Å². The molecule has 2 N–H and O–H groups in total. The molecular formula is C26H31ClF3N3O5SSi. The molecule has 2 heterocycles. The molecule has 3 aromatic rings. The Hall–Kier alpha value is -2.42. The van der Waals surface area contributed by atoms with Crippen molar-refractivity contribution in [1.82, 2.24) is 8.87 Å². The number of aliphatic hydroxyl groups excluding tert-OH is 1. The van der Waals surface area contributed by atoms with Crippen molar-refractivity contribution < 1.29 is 36.2 Å². The molecule has 14 heteroatoms. The Balaban J connectivity index is 1.73. The highest BCUT2D eigenvalue weighted by Gasteiger charge is 2.47. The van der Waals surface area contributed by atoms with Crippen molar-refractivity contribution in [2.75, 3.05) is 25.0 Å². The Kier molecular flexibility index (Phi) is 8.74. The number of fused-ring (bicyclic) bond motifs is 1. The van der Waals surface area contributed by atoms with Crippen LogP contribution in [0.2, 0.25) is 30.7 Å². The molecule has 1 fully saturated rings. The van der Waals surface area contributed by atoms with E-state index in [1.54, 1.807) is 16.8 Å². The molecule has 1 aromatic heterocycles. The first-order chi connectivity index (χ1) is 18.6. The van der Waals surface area contributed by atoms with Crippen LogP contribution in [0.1, 0.15) is 16.8 Å². The van der Waals surface area contributed by atoms with E-state index in [1.807, 2.05) is 0 Å². The summed E-state index contributed by atoms with van der Waals surface area (Å²) < 4.78 is 77.2. The van der Waals surface area contributed by atoms with E-state index in [0.29, 0.717) is 21.8 Å². The number of ether oxygens (including phenoxy) is 1. The zero-order chi connectivity index (χ0) is 29.5. The highest BCUT2D eigenvalue weighted by Crippen LogP contribution is 2.33. The van der Waals surface area contributed by atoms with Gasteiger partial charge >= 0.3 is 0 Å². The van der Waals surface area contributed by atoms with E-state index in [0.717, 1.165) is 18.2 Å². The summed E-state index contributed by atoms with van der Waals surface area (Å²) in [5.74, 6) is -5.01. The molecule has 4 rings (SSSR count). The smallest absolute Gasteiger partial charge is 0.286 e. The first kappa shape index (κ1) is 30.5. The largest absolute Gasteiger partial charge is 0.387 e. The lowest BCUT2D eigenvalue weighted by Gasteiger charge is -2.35. The second-order valence-corrected chi connectivity index (χ2v) is 19.0. The van der Waals surface area contributed by atoms with Crippen molar-refractivity contribution in [1.29, 1.82) is 0 Å². The molecule has 1 aliphatic rings. The number of nitrogens with one attached hydrogen (secondary N) is 1. The van der Waals surface area contributed by atoms with Gasteiger partial charge < -0.3 is 19.7 Å². The number of nitrogens with zero attached hydrogens (tertiary/aromatic N) is 2. The van der Waals surface area contributed by atoms with E-state index in [-0.39, 0.29) is 34.4 Å². The number of halogens is 4. The first-order valence-electron chi connectivity index (χ1n) is 12.6. The van der Waals surface area contributed by atoms with Gasteiger partial charge in [-0.05, 0) is 48.9 Å². The van der Waals surface area contributed by atoms with Crippen LogP contribution in [0.25, 0.3) is 10.9 Å². The summed E-state index contributed by atoms with van der Waals surface area (Å²) in [4.78, 5) is 13.0. The minimum atomic E-state index is -4.49. The van der Waals surface area contributed by atoms with Gasteiger partial charge in [-0.25, -0.2) is 21.6 Å². The third kappa shape index (κ3) is 6.72. The molecule has 40 heavy (non-hydrogen) atoms. The normalized spacial score (nSPS) is 18.2. The van der Waals surface area contributed by atoms with Crippen LogP contribution >= 0.6 is 11.6 Å². The van der Waals surface area contributed by atoms with E-state index >= 15 is 0 Å². The van der Waals surface area contributed by atoms with Gasteiger partial charge in [0.1, 0.15) is 18.7 Å². The van der Waals surface area contributed by atoms with Crippen molar-refractivity contribution in [3.63, 3.8) is 0 Å². The molecule has 1 unspecified atom stereocenters. The molecule has 1 aliphatic heterocycles. The van der Waals surface area contributed by atoms with Crippen molar-refractivity contribution in [3.05, 3.63) is 59.0 Å². The van der Waals surface area contributed by atoms with Gasteiger partial charge in [0.25, 0.3) is 11.8 Å². The Morgan fingerprint density at radius 3 is 2.60 bits per heavy atom. The predicted molar refractivity (Wildman–Crippen MR) is 150 cm³/mol. The number of benzene rings is 2. The highest BCUT2D eigenvalue weighted by atomic mass is 35.5. The summed E-state index contributed by atoms with van der Waals surface area (Å²) in [6.45, 7) is 5.71. The lowest BCUT2D eigenvalue weighted by atomic mass is 10.1. The Morgan fingerprint density at radius 2 is 1.95 bits per heavy atom. The molecule has 1 saturated heterocycles. The second kappa shape index (κ2) is 11.5. The number of carbonyl (C=O) groups excluding carboxylic acids is 1. The number of sulfonamides is 1. The third-order valence-corrected chi connectivity index (χ3v) is 10.5. The lowest BCUT2D eigenvalue weighted by molar-refractivity contribution is -0.136. The van der Waals surface area contributed by atoms with E-state index < -0.39 is 54.8 Å². The second-order valence-electron chi connectivity index (χ2n) is 11.0. The molecule has 8 nitrogen and oxygen atoms in total. The number of amides is 1. The molecule has 0 saturated carbocycles. The Labute approximate surface area is 236 Å². The van der Waals surface area contributed by atoms with Gasteiger partial charge in [-0.15, -0.1) is 0 Å². The number of carbonyl (C=O) groups is 1. The van der Waals surface area contributed by atoms with E-state index in [1.165, 1.54) is 18.2 Å². The Bertz CT molecular complexity index is 1530.